The molecule has 0 spiro atoms. The Morgan fingerprint density at radius 2 is 2.17 bits per heavy atom. The van der Waals surface area contributed by atoms with E-state index in [1.807, 2.05) is 11.8 Å². The fourth-order valence-electron chi connectivity index (χ4n) is 2.55. The third-order valence-electron chi connectivity index (χ3n) is 3.88. The van der Waals surface area contributed by atoms with Gasteiger partial charge in [-0.15, -0.1) is 0 Å². The number of benzene rings is 1. The lowest BCUT2D eigenvalue weighted by molar-refractivity contribution is 0.0655. The summed E-state index contributed by atoms with van der Waals surface area (Å²) in [7, 11) is 0. The molecule has 1 aromatic carbocycles. The van der Waals surface area contributed by atoms with Crippen molar-refractivity contribution in [2.24, 2.45) is 0 Å². The highest BCUT2D eigenvalue weighted by molar-refractivity contribution is 6.42. The molecule has 3 rings (SSSR count). The number of aromatic nitrogens is 1. The second-order valence-electron chi connectivity index (χ2n) is 5.59. The Labute approximate surface area is 150 Å². The molecule has 5 nitrogen and oxygen atoms in total. The predicted molar refractivity (Wildman–Crippen MR) is 94.1 cm³/mol. The summed E-state index contributed by atoms with van der Waals surface area (Å²) >= 11 is 12.0. The molecule has 0 bridgehead atoms. The summed E-state index contributed by atoms with van der Waals surface area (Å²) < 4.78 is 5.63. The summed E-state index contributed by atoms with van der Waals surface area (Å²) in [6.07, 6.45) is 1.52. The zero-order valence-electron chi connectivity index (χ0n) is 13.1. The van der Waals surface area contributed by atoms with Gasteiger partial charge in [0.1, 0.15) is 10.8 Å². The monoisotopic (exact) mass is 365 g/mol. The molecule has 1 atom stereocenters. The minimum absolute atomic E-state index is 0.0242. The topological polar surface area (TPSA) is 54.5 Å². The van der Waals surface area contributed by atoms with E-state index >= 15 is 0 Å². The van der Waals surface area contributed by atoms with Crippen LogP contribution in [0.2, 0.25) is 10.0 Å². The zero-order valence-corrected chi connectivity index (χ0v) is 14.6. The lowest BCUT2D eigenvalue weighted by Crippen LogP contribution is -2.52. The van der Waals surface area contributed by atoms with Crippen LogP contribution in [0.1, 0.15) is 17.3 Å². The summed E-state index contributed by atoms with van der Waals surface area (Å²) in [5.74, 6) is 0.749. The molecule has 126 valence electrons. The van der Waals surface area contributed by atoms with Gasteiger partial charge < -0.3 is 15.0 Å². The fourth-order valence-corrected chi connectivity index (χ4v) is 2.88. The van der Waals surface area contributed by atoms with Crippen molar-refractivity contribution < 1.29 is 9.53 Å². The van der Waals surface area contributed by atoms with Crippen LogP contribution < -0.4 is 10.1 Å². The molecule has 1 fully saturated rings. The molecular formula is C17H17Cl2N3O2. The quantitative estimate of drug-likeness (QED) is 0.902. The molecule has 7 heteroatoms. The van der Waals surface area contributed by atoms with E-state index in [-0.39, 0.29) is 11.9 Å². The Bertz CT molecular complexity index is 737. The average Bonchev–Trinajstić information content (AvgIpc) is 2.59. The first kappa shape index (κ1) is 17.0. The van der Waals surface area contributed by atoms with E-state index in [9.17, 15) is 4.79 Å². The summed E-state index contributed by atoms with van der Waals surface area (Å²) in [6.45, 7) is 4.32. The van der Waals surface area contributed by atoms with Gasteiger partial charge in [-0.05, 0) is 25.1 Å². The third kappa shape index (κ3) is 3.64. The van der Waals surface area contributed by atoms with Gasteiger partial charge in [0, 0.05) is 37.9 Å². The standard InChI is InChI=1S/C17H17Cl2N3O2/c1-11-9-20-7-8-22(11)17(23)12-5-6-15(21-10-12)24-14-4-2-3-13(18)16(14)19/h2-6,10-11,20H,7-9H2,1H3/t11-/m1/s1. The molecule has 1 N–H and O–H groups in total. The van der Waals surface area contributed by atoms with E-state index in [1.54, 1.807) is 30.3 Å². The highest BCUT2D eigenvalue weighted by Gasteiger charge is 2.24. The first-order chi connectivity index (χ1) is 11.6. The summed E-state index contributed by atoms with van der Waals surface area (Å²) in [5.41, 5.74) is 0.535. The molecule has 1 amide bonds. The number of pyridine rings is 1. The number of amides is 1. The van der Waals surface area contributed by atoms with Crippen LogP contribution in [0.25, 0.3) is 0 Å². The minimum atomic E-state index is -0.0242. The largest absolute Gasteiger partial charge is 0.437 e. The number of ether oxygens (including phenoxy) is 1. The number of carbonyl (C=O) groups is 1. The Morgan fingerprint density at radius 3 is 2.88 bits per heavy atom. The highest BCUT2D eigenvalue weighted by Crippen LogP contribution is 2.34. The van der Waals surface area contributed by atoms with Gasteiger partial charge in [0.15, 0.2) is 0 Å². The number of rotatable bonds is 3. The minimum Gasteiger partial charge on any atom is -0.437 e. The summed E-state index contributed by atoms with van der Waals surface area (Å²) in [6, 6.07) is 8.65. The van der Waals surface area contributed by atoms with E-state index in [0.717, 1.165) is 13.1 Å². The van der Waals surface area contributed by atoms with Gasteiger partial charge >= 0.3 is 0 Å². The van der Waals surface area contributed by atoms with Gasteiger partial charge in [-0.25, -0.2) is 4.98 Å². The second-order valence-corrected chi connectivity index (χ2v) is 6.38. The van der Waals surface area contributed by atoms with Crippen LogP contribution in [0.5, 0.6) is 11.6 Å². The lowest BCUT2D eigenvalue weighted by Gasteiger charge is -2.33. The molecule has 2 aromatic rings. The Morgan fingerprint density at radius 1 is 1.33 bits per heavy atom. The maximum atomic E-state index is 12.6. The number of hydrogen-bond donors (Lipinski definition) is 1. The summed E-state index contributed by atoms with van der Waals surface area (Å²) in [5, 5.41) is 4.00. The zero-order chi connectivity index (χ0) is 17.1. The van der Waals surface area contributed by atoms with E-state index in [0.29, 0.717) is 33.8 Å². The molecule has 0 saturated carbocycles. The van der Waals surface area contributed by atoms with Gasteiger partial charge in [-0.2, -0.15) is 0 Å². The van der Waals surface area contributed by atoms with Crippen molar-refractivity contribution in [1.29, 1.82) is 0 Å². The molecule has 0 aliphatic carbocycles. The van der Waals surface area contributed by atoms with Crippen LogP contribution in [0.15, 0.2) is 36.5 Å². The Kier molecular flexibility index (Phi) is 5.23. The van der Waals surface area contributed by atoms with Crippen LogP contribution >= 0.6 is 23.2 Å². The number of carbonyl (C=O) groups excluding carboxylic acids is 1. The van der Waals surface area contributed by atoms with Crippen LogP contribution in [0.4, 0.5) is 0 Å². The number of piperazine rings is 1. The van der Waals surface area contributed by atoms with Crippen molar-refractivity contribution in [2.45, 2.75) is 13.0 Å². The van der Waals surface area contributed by atoms with E-state index in [1.165, 1.54) is 6.20 Å². The first-order valence-corrected chi connectivity index (χ1v) is 8.41. The summed E-state index contributed by atoms with van der Waals surface area (Å²) in [4.78, 5) is 18.6. The predicted octanol–water partition coefficient (Wildman–Crippen LogP) is 3.61. The van der Waals surface area contributed by atoms with Gasteiger partial charge in [-0.3, -0.25) is 4.79 Å². The Balaban J connectivity index is 1.73. The average molecular weight is 366 g/mol. The van der Waals surface area contributed by atoms with E-state index in [4.69, 9.17) is 27.9 Å². The molecule has 24 heavy (non-hydrogen) atoms. The van der Waals surface area contributed by atoms with Crippen LogP contribution in [0, 0.1) is 0 Å². The van der Waals surface area contributed by atoms with Crippen LogP contribution in [-0.2, 0) is 0 Å². The van der Waals surface area contributed by atoms with Crippen LogP contribution in [-0.4, -0.2) is 41.5 Å². The SMILES string of the molecule is C[C@@H]1CNCCN1C(=O)c1ccc(Oc2cccc(Cl)c2Cl)nc1. The normalized spacial score (nSPS) is 17.6. The van der Waals surface area contributed by atoms with Crippen molar-refractivity contribution in [3.63, 3.8) is 0 Å². The third-order valence-corrected chi connectivity index (χ3v) is 4.68. The number of nitrogens with zero attached hydrogens (tertiary/aromatic N) is 2. The van der Waals surface area contributed by atoms with E-state index in [2.05, 4.69) is 10.3 Å². The molecule has 0 radical (unpaired) electrons. The molecule has 1 aliphatic heterocycles. The molecule has 1 aliphatic rings. The highest BCUT2D eigenvalue weighted by atomic mass is 35.5. The maximum Gasteiger partial charge on any atom is 0.255 e. The van der Waals surface area contributed by atoms with Crippen LogP contribution in [0.3, 0.4) is 0 Å². The molecule has 2 heterocycles. The smallest absolute Gasteiger partial charge is 0.255 e. The van der Waals surface area contributed by atoms with Gasteiger partial charge in [0.2, 0.25) is 5.88 Å². The van der Waals surface area contributed by atoms with Gasteiger partial charge in [0.05, 0.1) is 10.6 Å². The van der Waals surface area contributed by atoms with Crippen molar-refractivity contribution in [3.8, 4) is 11.6 Å². The molecule has 1 aromatic heterocycles. The van der Waals surface area contributed by atoms with Crippen molar-refractivity contribution in [3.05, 3.63) is 52.1 Å². The Hall–Kier alpha value is -1.82. The molecular weight excluding hydrogens is 349 g/mol. The maximum absolute atomic E-state index is 12.6. The van der Waals surface area contributed by atoms with Crippen molar-refractivity contribution in [2.75, 3.05) is 19.6 Å². The van der Waals surface area contributed by atoms with Gasteiger partial charge in [0.25, 0.3) is 5.91 Å². The number of hydrogen-bond acceptors (Lipinski definition) is 4. The van der Waals surface area contributed by atoms with Crippen molar-refractivity contribution >= 4 is 29.1 Å². The lowest BCUT2D eigenvalue weighted by atomic mass is 10.1. The first-order valence-electron chi connectivity index (χ1n) is 7.66. The second kappa shape index (κ2) is 7.38. The molecule has 1 saturated heterocycles. The number of halogens is 2. The van der Waals surface area contributed by atoms with Gasteiger partial charge in [-0.1, -0.05) is 29.3 Å². The van der Waals surface area contributed by atoms with E-state index < -0.39 is 0 Å². The fraction of sp³-hybridized carbons (Fsp3) is 0.294. The molecule has 0 unspecified atom stereocenters. The van der Waals surface area contributed by atoms with Crippen molar-refractivity contribution in [1.82, 2.24) is 15.2 Å². The number of nitrogens with one attached hydrogen (secondary N) is 1.